The number of anilines is 1. The lowest BCUT2D eigenvalue weighted by molar-refractivity contribution is 0.102. The van der Waals surface area contributed by atoms with Crippen LogP contribution in [-0.4, -0.2) is 43.2 Å². The Morgan fingerprint density at radius 2 is 1.62 bits per heavy atom. The van der Waals surface area contributed by atoms with Crippen molar-refractivity contribution in [2.75, 3.05) is 19.5 Å². The molecule has 0 aliphatic carbocycles. The molecule has 2 heterocycles. The number of amides is 1. The summed E-state index contributed by atoms with van der Waals surface area (Å²) in [6.45, 7) is 1.22. The van der Waals surface area contributed by atoms with Gasteiger partial charge in [0.05, 0.1) is 34.3 Å². The minimum absolute atomic E-state index is 0.0543. The lowest BCUT2D eigenvalue weighted by atomic mass is 10.0. The molecule has 1 aromatic heterocycles. The Balaban J connectivity index is 1.59. The van der Waals surface area contributed by atoms with Crippen LogP contribution >= 0.6 is 0 Å². The van der Waals surface area contributed by atoms with Gasteiger partial charge in [-0.05, 0) is 66.2 Å². The second-order valence-electron chi connectivity index (χ2n) is 9.93. The molecule has 0 saturated carbocycles. The number of aromatic nitrogens is 2. The van der Waals surface area contributed by atoms with Gasteiger partial charge in [-0.2, -0.15) is 5.10 Å². The number of sulfone groups is 1. The number of carbonyl (C=O) groups is 1. The number of hydrogen-bond donors (Lipinski definition) is 1. The largest absolute Gasteiger partial charge is 0.497 e. The fourth-order valence-corrected chi connectivity index (χ4v) is 6.84. The first-order valence-corrected chi connectivity index (χ1v) is 14.5. The summed E-state index contributed by atoms with van der Waals surface area (Å²) in [6.07, 6.45) is 0. The van der Waals surface area contributed by atoms with Crippen LogP contribution in [0.25, 0.3) is 16.6 Å². The van der Waals surface area contributed by atoms with Crippen LogP contribution < -0.4 is 10.1 Å². The molecular formula is C31H28N4O4S. The Hall–Kier alpha value is -4.47. The zero-order valence-electron chi connectivity index (χ0n) is 22.2. The molecule has 0 spiro atoms. The first-order valence-electron chi connectivity index (χ1n) is 12.9. The minimum atomic E-state index is -3.85. The Labute approximate surface area is 232 Å². The van der Waals surface area contributed by atoms with Crippen molar-refractivity contribution in [2.45, 2.75) is 23.7 Å². The molecule has 0 fully saturated rings. The molecule has 5 aromatic rings. The van der Waals surface area contributed by atoms with Crippen LogP contribution in [0.5, 0.6) is 5.75 Å². The van der Waals surface area contributed by atoms with Gasteiger partial charge in [0.1, 0.15) is 5.75 Å². The van der Waals surface area contributed by atoms with Gasteiger partial charge >= 0.3 is 0 Å². The second-order valence-corrected chi connectivity index (χ2v) is 11.9. The highest BCUT2D eigenvalue weighted by molar-refractivity contribution is 7.90. The van der Waals surface area contributed by atoms with Crippen molar-refractivity contribution in [2.24, 2.45) is 0 Å². The SMILES string of the molecule is COc1ccc(NC(=O)c2nn(-c3ccccc3)c3c4c(cc(S(=O)(=O)Cc5ccccc5)c23)CN(C)C4)cc1. The molecule has 0 unspecified atom stereocenters. The van der Waals surface area contributed by atoms with Gasteiger partial charge in [-0.3, -0.25) is 9.69 Å². The van der Waals surface area contributed by atoms with Crippen molar-refractivity contribution in [3.8, 4) is 11.4 Å². The molecule has 0 saturated heterocycles. The summed E-state index contributed by atoms with van der Waals surface area (Å²) in [5, 5.41) is 8.00. The van der Waals surface area contributed by atoms with Crippen molar-refractivity contribution in [3.05, 3.63) is 113 Å². The molecule has 0 bridgehead atoms. The summed E-state index contributed by atoms with van der Waals surface area (Å²) >= 11 is 0. The number of methoxy groups -OCH3 is 1. The van der Waals surface area contributed by atoms with Crippen LogP contribution in [0, 0.1) is 0 Å². The lowest BCUT2D eigenvalue weighted by Crippen LogP contribution is -2.15. The van der Waals surface area contributed by atoms with Crippen molar-refractivity contribution >= 4 is 32.3 Å². The Morgan fingerprint density at radius 3 is 2.30 bits per heavy atom. The average molecular weight is 553 g/mol. The van der Waals surface area contributed by atoms with E-state index in [1.54, 1.807) is 54.3 Å². The second kappa shape index (κ2) is 10.3. The summed E-state index contributed by atoms with van der Waals surface area (Å²) in [6, 6.07) is 27.2. The maximum atomic E-state index is 14.1. The highest BCUT2D eigenvalue weighted by Crippen LogP contribution is 2.38. The molecule has 8 nitrogen and oxygen atoms in total. The average Bonchev–Trinajstić information content (AvgIpc) is 3.54. The van der Waals surface area contributed by atoms with Gasteiger partial charge in [-0.15, -0.1) is 0 Å². The summed E-state index contributed by atoms with van der Waals surface area (Å²) in [4.78, 5) is 16.0. The van der Waals surface area contributed by atoms with Gasteiger partial charge in [0, 0.05) is 18.8 Å². The quantitative estimate of drug-likeness (QED) is 0.298. The normalized spacial score (nSPS) is 13.3. The van der Waals surface area contributed by atoms with Crippen LogP contribution in [0.3, 0.4) is 0 Å². The maximum Gasteiger partial charge on any atom is 0.276 e. The number of nitrogens with one attached hydrogen (secondary N) is 1. The van der Waals surface area contributed by atoms with E-state index in [1.807, 2.05) is 55.6 Å². The van der Waals surface area contributed by atoms with Crippen LogP contribution in [0.1, 0.15) is 27.2 Å². The topological polar surface area (TPSA) is 93.5 Å². The predicted molar refractivity (Wildman–Crippen MR) is 155 cm³/mol. The van der Waals surface area contributed by atoms with Crippen molar-refractivity contribution < 1.29 is 17.9 Å². The molecule has 6 rings (SSSR count). The van der Waals surface area contributed by atoms with Gasteiger partial charge in [0.25, 0.3) is 5.91 Å². The lowest BCUT2D eigenvalue weighted by Gasteiger charge is -2.12. The number of fused-ring (bicyclic) bond motifs is 3. The summed E-state index contributed by atoms with van der Waals surface area (Å²) < 4.78 is 35.0. The van der Waals surface area contributed by atoms with E-state index in [1.165, 1.54) is 0 Å². The molecule has 0 atom stereocenters. The highest BCUT2D eigenvalue weighted by Gasteiger charge is 2.32. The van der Waals surface area contributed by atoms with E-state index in [4.69, 9.17) is 9.84 Å². The number of rotatable bonds is 7. The number of benzene rings is 4. The van der Waals surface area contributed by atoms with E-state index < -0.39 is 15.7 Å². The first-order chi connectivity index (χ1) is 19.3. The van der Waals surface area contributed by atoms with Crippen molar-refractivity contribution in [3.63, 3.8) is 0 Å². The van der Waals surface area contributed by atoms with Gasteiger partial charge in [0.15, 0.2) is 15.5 Å². The fourth-order valence-electron chi connectivity index (χ4n) is 5.23. The van der Waals surface area contributed by atoms with E-state index in [-0.39, 0.29) is 16.3 Å². The van der Waals surface area contributed by atoms with Crippen LogP contribution in [0.15, 0.2) is 95.9 Å². The monoisotopic (exact) mass is 552 g/mol. The van der Waals surface area contributed by atoms with Gasteiger partial charge in [-0.1, -0.05) is 48.5 Å². The van der Waals surface area contributed by atoms with E-state index in [0.717, 1.165) is 16.8 Å². The molecule has 9 heteroatoms. The first kappa shape index (κ1) is 25.8. The van der Waals surface area contributed by atoms with Gasteiger partial charge in [0.2, 0.25) is 0 Å². The smallest absolute Gasteiger partial charge is 0.276 e. The number of hydrogen-bond acceptors (Lipinski definition) is 6. The standard InChI is InChI=1S/C31H28N4O4S/c1-34-18-22-17-27(40(37,38)20-21-9-5-3-6-10-21)28-29(31(36)32-23-13-15-25(39-2)16-14-23)33-35(30(28)26(22)19-34)24-11-7-4-8-12-24/h3-17H,18-20H2,1-2H3,(H,32,36). The van der Waals surface area contributed by atoms with E-state index in [0.29, 0.717) is 41.0 Å². The third kappa shape index (κ3) is 4.74. The summed E-state index contributed by atoms with van der Waals surface area (Å²) in [7, 11) is -0.291. The molecule has 1 aliphatic rings. The van der Waals surface area contributed by atoms with Gasteiger partial charge in [-0.25, -0.2) is 13.1 Å². The van der Waals surface area contributed by atoms with Crippen molar-refractivity contribution in [1.82, 2.24) is 14.7 Å². The molecule has 4 aromatic carbocycles. The molecule has 0 radical (unpaired) electrons. The molecule has 1 aliphatic heterocycles. The zero-order chi connectivity index (χ0) is 27.9. The molecule has 202 valence electrons. The van der Waals surface area contributed by atoms with Crippen molar-refractivity contribution in [1.29, 1.82) is 0 Å². The van der Waals surface area contributed by atoms with Gasteiger partial charge < -0.3 is 10.1 Å². The van der Waals surface area contributed by atoms with E-state index >= 15 is 0 Å². The number of nitrogens with zero attached hydrogens (tertiary/aromatic N) is 3. The minimum Gasteiger partial charge on any atom is -0.497 e. The van der Waals surface area contributed by atoms with Crippen LogP contribution in [0.2, 0.25) is 0 Å². The number of para-hydroxylation sites is 1. The number of carbonyl (C=O) groups excluding carboxylic acids is 1. The summed E-state index contributed by atoms with van der Waals surface area (Å²) in [5.41, 5.74) is 4.54. The third-order valence-electron chi connectivity index (χ3n) is 7.08. The fraction of sp³-hybridized carbons (Fsp3) is 0.161. The van der Waals surface area contributed by atoms with Crippen LogP contribution in [-0.2, 0) is 28.7 Å². The zero-order valence-corrected chi connectivity index (χ0v) is 23.0. The van der Waals surface area contributed by atoms with E-state index in [9.17, 15) is 13.2 Å². The molecule has 1 N–H and O–H groups in total. The highest BCUT2D eigenvalue weighted by atomic mass is 32.2. The third-order valence-corrected chi connectivity index (χ3v) is 8.78. The molecular weight excluding hydrogens is 524 g/mol. The molecule has 1 amide bonds. The Morgan fingerprint density at radius 1 is 0.950 bits per heavy atom. The van der Waals surface area contributed by atoms with Crippen LogP contribution in [0.4, 0.5) is 5.69 Å². The Kier molecular flexibility index (Phi) is 6.61. The Bertz CT molecular complexity index is 1820. The molecule has 40 heavy (non-hydrogen) atoms. The number of ether oxygens (including phenoxy) is 1. The van der Waals surface area contributed by atoms with E-state index in [2.05, 4.69) is 10.2 Å². The predicted octanol–water partition coefficient (Wildman–Crippen LogP) is 5.21. The summed E-state index contributed by atoms with van der Waals surface area (Å²) in [5.74, 6) is -0.0220. The maximum absolute atomic E-state index is 14.1.